The average molecular weight is 397 g/mol. The van der Waals surface area contributed by atoms with Crippen LogP contribution in [-0.4, -0.2) is 4.98 Å². The first-order chi connectivity index (χ1) is 18.0. The van der Waals surface area contributed by atoms with Crippen molar-refractivity contribution in [3.05, 3.63) is 69.7 Å². The molecular formula is C27H33N2+. The molecule has 0 unspecified atom stereocenters. The number of fused-ring (bicyclic) bond motifs is 3. The van der Waals surface area contributed by atoms with Crippen molar-refractivity contribution in [1.82, 2.24) is 4.98 Å². The standard InChI is InChI=1S/C27H33N2/c1-16-9-10-21-22(13-23-25(21)17(2)11-19(4)28-23)26(16)24-12-20(14-27(5,6)7)18(3)15-29(24)8/h9-12,15H,13-14H2,1-8H3/q+1/i2D3,3D3,4D3,14D2. The van der Waals surface area contributed by atoms with Crippen LogP contribution in [0.15, 0.2) is 30.5 Å². The molecule has 1 aliphatic rings. The molecule has 29 heavy (non-hydrogen) atoms. The minimum Gasteiger partial charge on any atom is -0.257 e. The second kappa shape index (κ2) is 6.79. The maximum absolute atomic E-state index is 8.94. The lowest BCUT2D eigenvalue weighted by molar-refractivity contribution is -0.660. The molecule has 0 amide bonds. The van der Waals surface area contributed by atoms with Gasteiger partial charge in [0.15, 0.2) is 6.20 Å². The number of nitrogens with zero attached hydrogens (tertiary/aromatic N) is 2. The third-order valence-electron chi connectivity index (χ3n) is 5.27. The van der Waals surface area contributed by atoms with Crippen LogP contribution in [0.1, 0.15) is 75.1 Å². The minimum absolute atomic E-state index is 0.0617. The van der Waals surface area contributed by atoms with Crippen LogP contribution < -0.4 is 4.57 Å². The van der Waals surface area contributed by atoms with Crippen molar-refractivity contribution in [2.75, 3.05) is 0 Å². The van der Waals surface area contributed by atoms with E-state index in [9.17, 15) is 0 Å². The summed E-state index contributed by atoms with van der Waals surface area (Å²) in [5, 5.41) is 0. The maximum atomic E-state index is 8.94. The Balaban J connectivity index is 2.06. The highest BCUT2D eigenvalue weighted by atomic mass is 14.9. The first kappa shape index (κ1) is 10.5. The number of benzene rings is 1. The predicted octanol–water partition coefficient (Wildman–Crippen LogP) is 5.97. The average Bonchev–Trinajstić information content (AvgIpc) is 3.14. The Morgan fingerprint density at radius 2 is 1.86 bits per heavy atom. The van der Waals surface area contributed by atoms with E-state index >= 15 is 0 Å². The summed E-state index contributed by atoms with van der Waals surface area (Å²) in [6.45, 7) is -0.700. The van der Waals surface area contributed by atoms with Crippen molar-refractivity contribution in [2.45, 2.75) is 61.0 Å². The quantitative estimate of drug-likeness (QED) is 0.382. The molecule has 0 saturated heterocycles. The van der Waals surface area contributed by atoms with E-state index in [1.807, 2.05) is 13.0 Å². The Labute approximate surface area is 191 Å². The zero-order chi connectivity index (χ0) is 30.4. The molecule has 150 valence electrons. The molecule has 4 rings (SSSR count). The topological polar surface area (TPSA) is 16.8 Å². The predicted molar refractivity (Wildman–Crippen MR) is 121 cm³/mol. The molecule has 2 aromatic heterocycles. The van der Waals surface area contributed by atoms with Crippen LogP contribution in [0.4, 0.5) is 0 Å². The van der Waals surface area contributed by atoms with Gasteiger partial charge in [-0.1, -0.05) is 32.9 Å². The molecule has 0 atom stereocenters. The maximum Gasteiger partial charge on any atom is 0.213 e. The summed E-state index contributed by atoms with van der Waals surface area (Å²) in [6.07, 6.45) is -0.378. The molecule has 1 aromatic carbocycles. The fourth-order valence-corrected chi connectivity index (χ4v) is 4.14. The van der Waals surface area contributed by atoms with E-state index in [1.165, 1.54) is 6.20 Å². The summed E-state index contributed by atoms with van der Waals surface area (Å²) in [4.78, 5) is 4.38. The fraction of sp³-hybridized carbons (Fsp3) is 0.407. The molecule has 0 bridgehead atoms. The van der Waals surface area contributed by atoms with Crippen molar-refractivity contribution < 1.29 is 19.6 Å². The molecule has 0 spiro atoms. The molecule has 0 radical (unpaired) electrons. The highest BCUT2D eigenvalue weighted by Crippen LogP contribution is 2.43. The van der Waals surface area contributed by atoms with Gasteiger partial charge in [-0.2, -0.15) is 0 Å². The summed E-state index contributed by atoms with van der Waals surface area (Å²) in [5.74, 6) is 0. The monoisotopic (exact) mass is 396 g/mol. The van der Waals surface area contributed by atoms with Crippen LogP contribution >= 0.6 is 0 Å². The first-order valence-corrected chi connectivity index (χ1v) is 9.69. The number of aryl methyl sites for hydroxylation is 5. The number of hydrogen-bond acceptors (Lipinski definition) is 1. The third-order valence-corrected chi connectivity index (χ3v) is 5.27. The van der Waals surface area contributed by atoms with Crippen LogP contribution in [0.3, 0.4) is 0 Å². The van der Waals surface area contributed by atoms with Gasteiger partial charge < -0.3 is 0 Å². The molecule has 2 nitrogen and oxygen atoms in total. The lowest BCUT2D eigenvalue weighted by Crippen LogP contribution is -2.32. The van der Waals surface area contributed by atoms with Crippen LogP contribution in [-0.2, 0) is 19.8 Å². The lowest BCUT2D eigenvalue weighted by Gasteiger charge is -2.20. The Morgan fingerprint density at radius 1 is 1.07 bits per heavy atom. The second-order valence-electron chi connectivity index (χ2n) is 8.81. The van der Waals surface area contributed by atoms with E-state index in [2.05, 4.69) is 4.98 Å². The fourth-order valence-electron chi connectivity index (χ4n) is 4.14. The Hall–Kier alpha value is -2.48. The molecule has 1 aliphatic carbocycles. The van der Waals surface area contributed by atoms with Gasteiger partial charge in [-0.15, -0.1) is 0 Å². The van der Waals surface area contributed by atoms with Gasteiger partial charge in [0, 0.05) is 44.4 Å². The van der Waals surface area contributed by atoms with E-state index in [-0.39, 0.29) is 28.8 Å². The van der Waals surface area contributed by atoms with Gasteiger partial charge >= 0.3 is 0 Å². The Morgan fingerprint density at radius 3 is 2.55 bits per heavy atom. The van der Waals surface area contributed by atoms with Gasteiger partial charge in [0.2, 0.25) is 5.69 Å². The van der Waals surface area contributed by atoms with Crippen LogP contribution in [0, 0.1) is 32.9 Å². The van der Waals surface area contributed by atoms with Gasteiger partial charge in [-0.3, -0.25) is 4.98 Å². The lowest BCUT2D eigenvalue weighted by atomic mass is 9.85. The third kappa shape index (κ3) is 3.50. The summed E-state index contributed by atoms with van der Waals surface area (Å²) in [5.41, 5.74) is 2.87. The minimum atomic E-state index is -2.59. The highest BCUT2D eigenvalue weighted by molar-refractivity contribution is 5.85. The highest BCUT2D eigenvalue weighted by Gasteiger charge is 2.29. The Bertz CT molecular complexity index is 1510. The van der Waals surface area contributed by atoms with Crippen molar-refractivity contribution in [3.8, 4) is 22.4 Å². The smallest absolute Gasteiger partial charge is 0.213 e. The van der Waals surface area contributed by atoms with Crippen LogP contribution in [0.2, 0.25) is 0 Å². The van der Waals surface area contributed by atoms with Gasteiger partial charge in [-0.05, 0) is 73.2 Å². The van der Waals surface area contributed by atoms with Crippen LogP contribution in [0.25, 0.3) is 22.4 Å². The number of rotatable bonds is 2. The van der Waals surface area contributed by atoms with E-state index in [0.717, 1.165) is 17.2 Å². The summed E-state index contributed by atoms with van der Waals surface area (Å²) in [6, 6.07) is 6.37. The van der Waals surface area contributed by atoms with E-state index in [1.54, 1.807) is 44.5 Å². The molecule has 3 aromatic rings. The molecule has 0 N–H and O–H groups in total. The molecule has 0 fully saturated rings. The van der Waals surface area contributed by atoms with Crippen LogP contribution in [0.5, 0.6) is 0 Å². The zero-order valence-corrected chi connectivity index (χ0v) is 17.5. The first-order valence-electron chi connectivity index (χ1n) is 15.2. The normalized spacial score (nSPS) is 20.2. The number of pyridine rings is 2. The van der Waals surface area contributed by atoms with Gasteiger partial charge in [0.1, 0.15) is 7.05 Å². The summed E-state index contributed by atoms with van der Waals surface area (Å²) in [7, 11) is 1.70. The van der Waals surface area contributed by atoms with Crippen molar-refractivity contribution in [3.63, 3.8) is 0 Å². The molecule has 0 aliphatic heterocycles. The second-order valence-corrected chi connectivity index (χ2v) is 8.81. The van der Waals surface area contributed by atoms with Gasteiger partial charge in [0.05, 0.1) is 11.3 Å². The number of aromatic nitrogens is 2. The van der Waals surface area contributed by atoms with E-state index in [0.29, 0.717) is 28.1 Å². The largest absolute Gasteiger partial charge is 0.257 e. The summed E-state index contributed by atoms with van der Waals surface area (Å²) >= 11 is 0. The van der Waals surface area contributed by atoms with Crippen molar-refractivity contribution in [1.29, 1.82) is 0 Å². The van der Waals surface area contributed by atoms with Crippen molar-refractivity contribution in [2.24, 2.45) is 12.5 Å². The molecule has 2 heterocycles. The van der Waals surface area contributed by atoms with E-state index in [4.69, 9.17) is 15.1 Å². The number of hydrogen-bond donors (Lipinski definition) is 0. The summed E-state index contributed by atoms with van der Waals surface area (Å²) < 4.78 is 91.8. The van der Waals surface area contributed by atoms with Crippen molar-refractivity contribution >= 4 is 0 Å². The zero-order valence-electron chi connectivity index (χ0n) is 28.5. The van der Waals surface area contributed by atoms with Gasteiger partial charge in [0.25, 0.3) is 0 Å². The van der Waals surface area contributed by atoms with E-state index < -0.39 is 32.3 Å². The molecule has 2 heteroatoms. The SMILES string of the molecule is [2H]C([2H])([2H])c1cc(C([2H])([2H])[2H])c2c(n1)Cc1c-2ccc(C)c1-c1cc(C([2H])([2H])C(C)(C)C)c(C([2H])([2H])[2H])c[n+]1C. The molecule has 0 saturated carbocycles. The molecular weight excluding hydrogens is 352 g/mol. The Kier molecular flexibility index (Phi) is 2.46. The van der Waals surface area contributed by atoms with Gasteiger partial charge in [-0.25, -0.2) is 4.57 Å².